The van der Waals surface area contributed by atoms with Crippen molar-refractivity contribution in [3.8, 4) is 0 Å². The molecule has 0 aliphatic carbocycles. The monoisotopic (exact) mass is 278 g/mol. The van der Waals surface area contributed by atoms with Gasteiger partial charge in [-0.1, -0.05) is 42.5 Å². The number of morpholine rings is 1. The van der Waals surface area contributed by atoms with Crippen molar-refractivity contribution in [2.24, 2.45) is 5.73 Å². The lowest BCUT2D eigenvalue weighted by Gasteiger charge is -2.37. The lowest BCUT2D eigenvalue weighted by Crippen LogP contribution is -2.47. The Labute approximate surface area is 120 Å². The predicted molar refractivity (Wildman–Crippen MR) is 82.4 cm³/mol. The summed E-state index contributed by atoms with van der Waals surface area (Å²) in [4.78, 5) is 2.97. The summed E-state index contributed by atoms with van der Waals surface area (Å²) in [6.07, 6.45) is 0.540. The molecule has 1 aromatic carbocycles. The summed E-state index contributed by atoms with van der Waals surface area (Å²) in [6.45, 7) is 6.98. The van der Waals surface area contributed by atoms with Gasteiger partial charge in [-0.05, 0) is 19.4 Å². The Hall–Kier alpha value is -0.970. The van der Waals surface area contributed by atoms with E-state index in [0.717, 1.165) is 19.6 Å². The zero-order chi connectivity index (χ0) is 13.8. The first-order valence-corrected chi connectivity index (χ1v) is 7.19. The maximum atomic E-state index is 5.93. The molecule has 3 unspecified atom stereocenters. The van der Waals surface area contributed by atoms with Crippen LogP contribution in [-0.4, -0.2) is 41.7 Å². The Morgan fingerprint density at radius 3 is 2.42 bits per heavy atom. The second kappa shape index (κ2) is 6.46. The second-order valence-corrected chi connectivity index (χ2v) is 5.81. The highest BCUT2D eigenvalue weighted by molar-refractivity contribution is 7.80. The van der Waals surface area contributed by atoms with E-state index < -0.39 is 0 Å². The Balaban J connectivity index is 2.07. The van der Waals surface area contributed by atoms with Crippen LogP contribution in [0.3, 0.4) is 0 Å². The van der Waals surface area contributed by atoms with Crippen molar-refractivity contribution >= 4 is 17.2 Å². The van der Waals surface area contributed by atoms with E-state index >= 15 is 0 Å². The van der Waals surface area contributed by atoms with Crippen LogP contribution in [0.4, 0.5) is 0 Å². The highest BCUT2D eigenvalue weighted by Crippen LogP contribution is 2.20. The molecule has 0 spiro atoms. The van der Waals surface area contributed by atoms with Gasteiger partial charge < -0.3 is 10.5 Å². The molecule has 0 aromatic heterocycles. The third-order valence-corrected chi connectivity index (χ3v) is 3.77. The second-order valence-electron chi connectivity index (χ2n) is 5.34. The summed E-state index contributed by atoms with van der Waals surface area (Å²) in [5.74, 6) is 0.119. The van der Waals surface area contributed by atoms with Crippen LogP contribution in [0.25, 0.3) is 0 Å². The molecule has 2 rings (SSSR count). The van der Waals surface area contributed by atoms with E-state index in [-0.39, 0.29) is 18.1 Å². The maximum absolute atomic E-state index is 5.93. The van der Waals surface area contributed by atoms with Crippen LogP contribution in [0, 0.1) is 0 Å². The quantitative estimate of drug-likeness (QED) is 0.857. The number of hydrogen-bond donors (Lipinski definition) is 1. The molecule has 1 saturated heterocycles. The molecule has 0 bridgehead atoms. The van der Waals surface area contributed by atoms with Crippen LogP contribution in [0.15, 0.2) is 30.3 Å². The largest absolute Gasteiger partial charge is 0.393 e. The average Bonchev–Trinajstić information content (AvgIpc) is 2.35. The topological polar surface area (TPSA) is 38.5 Å². The summed E-state index contributed by atoms with van der Waals surface area (Å²) in [6, 6.07) is 10.3. The third kappa shape index (κ3) is 4.00. The molecule has 2 N–H and O–H groups in total. The van der Waals surface area contributed by atoms with Crippen LogP contribution >= 0.6 is 12.2 Å². The number of ether oxygens (including phenoxy) is 1. The standard InChI is InChI=1S/C15H22N2OS/c1-11-8-17(9-12(2)18-11)10-14(15(16)19)13-6-4-3-5-7-13/h3-7,11-12,14H,8-10H2,1-2H3,(H2,16,19). The van der Waals surface area contributed by atoms with Crippen LogP contribution in [0.2, 0.25) is 0 Å². The summed E-state index contributed by atoms with van der Waals surface area (Å²) in [7, 11) is 0. The lowest BCUT2D eigenvalue weighted by molar-refractivity contribution is -0.0680. The van der Waals surface area contributed by atoms with Gasteiger partial charge in [-0.25, -0.2) is 0 Å². The molecule has 19 heavy (non-hydrogen) atoms. The highest BCUT2D eigenvalue weighted by Gasteiger charge is 2.26. The van der Waals surface area contributed by atoms with Crippen LogP contribution < -0.4 is 5.73 Å². The minimum atomic E-state index is 0.119. The van der Waals surface area contributed by atoms with Crippen LogP contribution in [0.5, 0.6) is 0 Å². The van der Waals surface area contributed by atoms with Crippen molar-refractivity contribution in [3.05, 3.63) is 35.9 Å². The average molecular weight is 278 g/mol. The van der Waals surface area contributed by atoms with Crippen molar-refractivity contribution in [1.29, 1.82) is 0 Å². The molecular formula is C15H22N2OS. The first-order valence-electron chi connectivity index (χ1n) is 6.78. The number of thiocarbonyl (C=S) groups is 1. The van der Waals surface area contributed by atoms with E-state index in [1.807, 2.05) is 18.2 Å². The highest BCUT2D eigenvalue weighted by atomic mass is 32.1. The number of benzene rings is 1. The third-order valence-electron chi connectivity index (χ3n) is 3.48. The predicted octanol–water partition coefficient (Wildman–Crippen LogP) is 2.17. The summed E-state index contributed by atoms with van der Waals surface area (Å²) in [5.41, 5.74) is 7.12. The number of nitrogens with zero attached hydrogens (tertiary/aromatic N) is 1. The number of nitrogens with two attached hydrogens (primary N) is 1. The molecule has 3 atom stereocenters. The van der Waals surface area contributed by atoms with E-state index in [2.05, 4.69) is 30.9 Å². The fourth-order valence-corrected chi connectivity index (χ4v) is 2.95. The Morgan fingerprint density at radius 2 is 1.89 bits per heavy atom. The maximum Gasteiger partial charge on any atom is 0.0816 e. The van der Waals surface area contributed by atoms with Crippen LogP contribution in [-0.2, 0) is 4.74 Å². The molecule has 1 aliphatic heterocycles. The van der Waals surface area contributed by atoms with Gasteiger partial charge >= 0.3 is 0 Å². The summed E-state index contributed by atoms with van der Waals surface area (Å²) >= 11 is 5.25. The minimum absolute atomic E-state index is 0.119. The van der Waals surface area contributed by atoms with Crippen LogP contribution in [0.1, 0.15) is 25.3 Å². The fourth-order valence-electron chi connectivity index (χ4n) is 2.74. The van der Waals surface area contributed by atoms with E-state index in [9.17, 15) is 0 Å². The molecule has 0 amide bonds. The smallest absolute Gasteiger partial charge is 0.0816 e. The Kier molecular flexibility index (Phi) is 4.91. The molecule has 1 heterocycles. The molecule has 1 fully saturated rings. The zero-order valence-corrected chi connectivity index (χ0v) is 12.4. The van der Waals surface area contributed by atoms with Gasteiger partial charge in [-0.2, -0.15) is 0 Å². The van der Waals surface area contributed by atoms with Gasteiger partial charge in [0.2, 0.25) is 0 Å². The molecule has 4 heteroatoms. The molecule has 3 nitrogen and oxygen atoms in total. The molecule has 0 radical (unpaired) electrons. The summed E-state index contributed by atoms with van der Waals surface area (Å²) in [5, 5.41) is 0. The van der Waals surface area contributed by atoms with Gasteiger partial charge in [0.05, 0.1) is 17.2 Å². The Bertz CT molecular complexity index is 413. The van der Waals surface area contributed by atoms with Crippen molar-refractivity contribution < 1.29 is 4.74 Å². The van der Waals surface area contributed by atoms with Crippen molar-refractivity contribution in [2.75, 3.05) is 19.6 Å². The lowest BCUT2D eigenvalue weighted by atomic mass is 9.98. The van der Waals surface area contributed by atoms with Gasteiger partial charge in [-0.3, -0.25) is 4.90 Å². The first kappa shape index (κ1) is 14.4. The number of hydrogen-bond acceptors (Lipinski definition) is 3. The molecular weight excluding hydrogens is 256 g/mol. The summed E-state index contributed by atoms with van der Waals surface area (Å²) < 4.78 is 5.76. The van der Waals surface area contributed by atoms with Crippen molar-refractivity contribution in [2.45, 2.75) is 32.0 Å². The van der Waals surface area contributed by atoms with E-state index in [0.29, 0.717) is 4.99 Å². The molecule has 104 valence electrons. The Morgan fingerprint density at radius 1 is 1.32 bits per heavy atom. The minimum Gasteiger partial charge on any atom is -0.393 e. The number of rotatable bonds is 4. The van der Waals surface area contributed by atoms with Crippen molar-refractivity contribution in [1.82, 2.24) is 4.90 Å². The first-order chi connectivity index (χ1) is 9.06. The van der Waals surface area contributed by atoms with E-state index in [1.54, 1.807) is 0 Å². The zero-order valence-electron chi connectivity index (χ0n) is 11.6. The van der Waals surface area contributed by atoms with Crippen molar-refractivity contribution in [3.63, 3.8) is 0 Å². The molecule has 0 saturated carbocycles. The van der Waals surface area contributed by atoms with Gasteiger partial charge in [0.25, 0.3) is 0 Å². The molecule has 1 aromatic rings. The van der Waals surface area contributed by atoms with E-state index in [4.69, 9.17) is 22.7 Å². The van der Waals surface area contributed by atoms with Gasteiger partial charge in [0.1, 0.15) is 0 Å². The van der Waals surface area contributed by atoms with Gasteiger partial charge in [-0.15, -0.1) is 0 Å². The molecule has 1 aliphatic rings. The van der Waals surface area contributed by atoms with Gasteiger partial charge in [0.15, 0.2) is 0 Å². The normalized spacial score (nSPS) is 26.0. The van der Waals surface area contributed by atoms with E-state index in [1.165, 1.54) is 5.56 Å². The fraction of sp³-hybridized carbons (Fsp3) is 0.533. The SMILES string of the molecule is CC1CN(CC(C(N)=S)c2ccccc2)CC(C)O1. The van der Waals surface area contributed by atoms with Gasteiger partial charge in [0, 0.05) is 25.6 Å².